The Hall–Kier alpha value is -0.940. The van der Waals surface area contributed by atoms with E-state index in [2.05, 4.69) is 4.98 Å². The third kappa shape index (κ3) is 3.04. The van der Waals surface area contributed by atoms with Crippen molar-refractivity contribution in [2.45, 2.75) is 25.7 Å². The molecule has 2 rings (SSSR count). The molecule has 0 bridgehead atoms. The number of hydrogen-bond donors (Lipinski definition) is 0. The van der Waals surface area contributed by atoms with Gasteiger partial charge in [0.25, 0.3) is 0 Å². The molecule has 0 N–H and O–H groups in total. The molecule has 0 amide bonds. The minimum atomic E-state index is -3.07. The highest BCUT2D eigenvalue weighted by Crippen LogP contribution is 2.26. The summed E-state index contributed by atoms with van der Waals surface area (Å²) in [6.07, 6.45) is 5.04. The van der Waals surface area contributed by atoms with Crippen LogP contribution in [0, 0.1) is 6.92 Å². The van der Waals surface area contributed by atoms with Gasteiger partial charge in [-0.25, -0.2) is 12.7 Å². The van der Waals surface area contributed by atoms with Crippen LogP contribution in [0.15, 0.2) is 18.3 Å². The molecule has 0 spiro atoms. The predicted octanol–water partition coefficient (Wildman–Crippen LogP) is 1.53. The molecule has 1 fully saturated rings. The second kappa shape index (κ2) is 4.74. The highest BCUT2D eigenvalue weighted by molar-refractivity contribution is 7.88. The van der Waals surface area contributed by atoms with Crippen molar-refractivity contribution in [3.05, 3.63) is 29.6 Å². The highest BCUT2D eigenvalue weighted by atomic mass is 32.2. The Kier molecular flexibility index (Phi) is 3.49. The smallest absolute Gasteiger partial charge is 0.211 e. The van der Waals surface area contributed by atoms with E-state index >= 15 is 0 Å². The maximum Gasteiger partial charge on any atom is 0.211 e. The molecule has 1 aromatic rings. The Morgan fingerprint density at radius 2 is 2.18 bits per heavy atom. The normalized spacial score (nSPS) is 22.6. The Bertz CT molecular complexity index is 482. The molecule has 4 nitrogen and oxygen atoms in total. The van der Waals surface area contributed by atoms with E-state index in [0.29, 0.717) is 13.1 Å². The zero-order chi connectivity index (χ0) is 12.5. The van der Waals surface area contributed by atoms with Crippen molar-refractivity contribution >= 4 is 10.0 Å². The summed E-state index contributed by atoms with van der Waals surface area (Å²) in [6.45, 7) is 3.20. The lowest BCUT2D eigenvalue weighted by Gasteiger charge is -2.30. The van der Waals surface area contributed by atoms with Gasteiger partial charge in [0.1, 0.15) is 0 Å². The van der Waals surface area contributed by atoms with Crippen molar-refractivity contribution in [3.8, 4) is 0 Å². The van der Waals surface area contributed by atoms with Gasteiger partial charge in [0.15, 0.2) is 0 Å². The number of sulfonamides is 1. The summed E-state index contributed by atoms with van der Waals surface area (Å²) in [4.78, 5) is 4.40. The van der Waals surface area contributed by atoms with Crippen LogP contribution < -0.4 is 0 Å². The summed E-state index contributed by atoms with van der Waals surface area (Å²) in [5.41, 5.74) is 2.13. The van der Waals surface area contributed by atoms with E-state index in [1.54, 1.807) is 4.31 Å². The van der Waals surface area contributed by atoms with Gasteiger partial charge in [-0.15, -0.1) is 0 Å². The third-order valence-electron chi connectivity index (χ3n) is 3.21. The van der Waals surface area contributed by atoms with Crippen molar-refractivity contribution in [2.24, 2.45) is 0 Å². The summed E-state index contributed by atoms with van der Waals surface area (Å²) in [5.74, 6) is 0.235. The monoisotopic (exact) mass is 254 g/mol. The van der Waals surface area contributed by atoms with E-state index in [4.69, 9.17) is 0 Å². The minimum absolute atomic E-state index is 0.235. The first-order valence-corrected chi connectivity index (χ1v) is 7.69. The summed E-state index contributed by atoms with van der Waals surface area (Å²) < 4.78 is 24.6. The second-order valence-electron chi connectivity index (χ2n) is 4.72. The first-order valence-electron chi connectivity index (χ1n) is 5.84. The van der Waals surface area contributed by atoms with Crippen LogP contribution in [0.4, 0.5) is 0 Å². The van der Waals surface area contributed by atoms with Gasteiger partial charge in [0.2, 0.25) is 10.0 Å². The maximum atomic E-state index is 11.5. The molecule has 17 heavy (non-hydrogen) atoms. The van der Waals surface area contributed by atoms with Crippen LogP contribution >= 0.6 is 0 Å². The molecule has 0 aliphatic carbocycles. The van der Waals surface area contributed by atoms with Gasteiger partial charge in [-0.2, -0.15) is 0 Å². The van der Waals surface area contributed by atoms with Gasteiger partial charge >= 0.3 is 0 Å². The Morgan fingerprint density at radius 3 is 2.76 bits per heavy atom. The molecule has 94 valence electrons. The Morgan fingerprint density at radius 1 is 1.41 bits per heavy atom. The van der Waals surface area contributed by atoms with E-state index in [1.807, 2.05) is 25.3 Å². The molecule has 1 aliphatic heterocycles. The van der Waals surface area contributed by atoms with Gasteiger partial charge < -0.3 is 0 Å². The number of rotatable bonds is 2. The lowest BCUT2D eigenvalue weighted by Crippen LogP contribution is -2.38. The van der Waals surface area contributed by atoms with E-state index in [-0.39, 0.29) is 5.92 Å². The minimum Gasteiger partial charge on any atom is -0.261 e. The van der Waals surface area contributed by atoms with Crippen LogP contribution in [0.1, 0.15) is 30.0 Å². The standard InChI is InChI=1S/C12H18N2O2S/c1-10-5-6-12(13-8-10)11-4-3-7-14(9-11)17(2,15)16/h5-6,8,11H,3-4,7,9H2,1-2H3/t11-/m0/s1. The molecule has 1 aromatic heterocycles. The summed E-state index contributed by atoms with van der Waals surface area (Å²) >= 11 is 0. The van der Waals surface area contributed by atoms with Crippen molar-refractivity contribution in [3.63, 3.8) is 0 Å². The van der Waals surface area contributed by atoms with Crippen LogP contribution in [-0.4, -0.2) is 37.1 Å². The van der Waals surface area contributed by atoms with Gasteiger partial charge in [0, 0.05) is 30.9 Å². The lowest BCUT2D eigenvalue weighted by atomic mass is 9.95. The molecule has 0 aromatic carbocycles. The van der Waals surface area contributed by atoms with Crippen LogP contribution in [0.3, 0.4) is 0 Å². The second-order valence-corrected chi connectivity index (χ2v) is 6.70. The number of piperidine rings is 1. The molecule has 5 heteroatoms. The number of pyridine rings is 1. The average molecular weight is 254 g/mol. The maximum absolute atomic E-state index is 11.5. The van der Waals surface area contributed by atoms with E-state index in [9.17, 15) is 8.42 Å². The molecular formula is C12H18N2O2S. The van der Waals surface area contributed by atoms with E-state index < -0.39 is 10.0 Å². The summed E-state index contributed by atoms with van der Waals surface area (Å²) in [6, 6.07) is 4.04. The molecule has 1 saturated heterocycles. The van der Waals surface area contributed by atoms with E-state index in [1.165, 1.54) is 6.26 Å². The zero-order valence-corrected chi connectivity index (χ0v) is 11.1. The Labute approximate surface area is 103 Å². The first kappa shape index (κ1) is 12.5. The molecule has 1 atom stereocenters. The van der Waals surface area contributed by atoms with Crippen molar-refractivity contribution in [2.75, 3.05) is 19.3 Å². The SMILES string of the molecule is Cc1ccc([C@H]2CCCN(S(C)(=O)=O)C2)nc1. The quantitative estimate of drug-likeness (QED) is 0.804. The number of nitrogens with zero attached hydrogens (tertiary/aromatic N) is 2. The molecule has 2 heterocycles. The van der Waals surface area contributed by atoms with Crippen molar-refractivity contribution in [1.82, 2.24) is 9.29 Å². The third-order valence-corrected chi connectivity index (χ3v) is 4.48. The van der Waals surface area contributed by atoms with Crippen LogP contribution in [-0.2, 0) is 10.0 Å². The predicted molar refractivity (Wildman–Crippen MR) is 67.4 cm³/mol. The fourth-order valence-electron chi connectivity index (χ4n) is 2.21. The topological polar surface area (TPSA) is 50.3 Å². The largest absolute Gasteiger partial charge is 0.261 e. The summed E-state index contributed by atoms with van der Waals surface area (Å²) in [5, 5.41) is 0. The lowest BCUT2D eigenvalue weighted by molar-refractivity contribution is 0.314. The fourth-order valence-corrected chi connectivity index (χ4v) is 3.12. The number of aromatic nitrogens is 1. The zero-order valence-electron chi connectivity index (χ0n) is 10.3. The first-order chi connectivity index (χ1) is 7.97. The van der Waals surface area contributed by atoms with Crippen LogP contribution in [0.5, 0.6) is 0 Å². The molecular weight excluding hydrogens is 236 g/mol. The van der Waals surface area contributed by atoms with Crippen LogP contribution in [0.25, 0.3) is 0 Å². The van der Waals surface area contributed by atoms with E-state index in [0.717, 1.165) is 24.1 Å². The van der Waals surface area contributed by atoms with Crippen molar-refractivity contribution < 1.29 is 8.42 Å². The van der Waals surface area contributed by atoms with Crippen LogP contribution in [0.2, 0.25) is 0 Å². The molecule has 1 aliphatic rings. The number of aryl methyl sites for hydroxylation is 1. The molecule has 0 saturated carbocycles. The Balaban J connectivity index is 2.15. The van der Waals surface area contributed by atoms with Gasteiger partial charge in [-0.1, -0.05) is 6.07 Å². The molecule has 0 unspecified atom stereocenters. The van der Waals surface area contributed by atoms with Crippen molar-refractivity contribution in [1.29, 1.82) is 0 Å². The van der Waals surface area contributed by atoms with Gasteiger partial charge in [-0.05, 0) is 31.4 Å². The average Bonchev–Trinajstić information content (AvgIpc) is 2.29. The summed E-state index contributed by atoms with van der Waals surface area (Å²) in [7, 11) is -3.07. The van der Waals surface area contributed by atoms with Gasteiger partial charge in [0.05, 0.1) is 6.26 Å². The molecule has 0 radical (unpaired) electrons. The highest BCUT2D eigenvalue weighted by Gasteiger charge is 2.27. The number of hydrogen-bond acceptors (Lipinski definition) is 3. The fraction of sp³-hybridized carbons (Fsp3) is 0.583. The van der Waals surface area contributed by atoms with Gasteiger partial charge in [-0.3, -0.25) is 4.98 Å².